The van der Waals surface area contributed by atoms with Crippen molar-refractivity contribution in [2.45, 2.75) is 31.6 Å². The molecule has 0 radical (unpaired) electrons. The van der Waals surface area contributed by atoms with Crippen molar-refractivity contribution in [1.29, 1.82) is 0 Å². The Morgan fingerprint density at radius 1 is 0.970 bits per heavy atom. The number of benzene rings is 2. The number of rotatable bonds is 6. The Bertz CT molecular complexity index is 1150. The van der Waals surface area contributed by atoms with Crippen molar-refractivity contribution in [3.63, 3.8) is 0 Å². The lowest BCUT2D eigenvalue weighted by molar-refractivity contribution is -0.115. The number of carbonyl (C=O) groups is 2. The molecule has 0 bridgehead atoms. The van der Waals surface area contributed by atoms with E-state index in [0.717, 1.165) is 18.4 Å². The van der Waals surface area contributed by atoms with Gasteiger partial charge in [-0.3, -0.25) is 9.59 Å². The van der Waals surface area contributed by atoms with E-state index in [9.17, 15) is 9.59 Å². The summed E-state index contributed by atoms with van der Waals surface area (Å²) in [6.45, 7) is 0.806. The van der Waals surface area contributed by atoms with Crippen molar-refractivity contribution < 1.29 is 23.6 Å². The number of aromatic nitrogens is 2. The molecule has 1 aromatic heterocycles. The number of hydrogen-bond acceptors (Lipinski definition) is 7. The third kappa shape index (κ3) is 4.82. The minimum atomic E-state index is -0.348. The Morgan fingerprint density at radius 2 is 1.73 bits per heavy atom. The molecule has 2 N–H and O–H groups in total. The lowest BCUT2D eigenvalue weighted by Crippen LogP contribution is -2.32. The molecule has 33 heavy (non-hydrogen) atoms. The molecule has 170 valence electrons. The number of anilines is 1. The van der Waals surface area contributed by atoms with Gasteiger partial charge >= 0.3 is 0 Å². The number of hydrogen-bond donors (Lipinski definition) is 2. The van der Waals surface area contributed by atoms with Crippen LogP contribution in [0.15, 0.2) is 47.0 Å². The van der Waals surface area contributed by atoms with E-state index in [1.54, 1.807) is 42.5 Å². The maximum absolute atomic E-state index is 12.4. The molecular formula is C24H24N4O5. The second kappa shape index (κ2) is 9.32. The zero-order valence-electron chi connectivity index (χ0n) is 18.0. The predicted molar refractivity (Wildman–Crippen MR) is 119 cm³/mol. The molecule has 2 aliphatic rings. The van der Waals surface area contributed by atoms with Gasteiger partial charge in [0.15, 0.2) is 11.5 Å². The van der Waals surface area contributed by atoms with Crippen LogP contribution in [0.4, 0.5) is 5.69 Å². The molecule has 0 unspecified atom stereocenters. The van der Waals surface area contributed by atoms with E-state index in [-0.39, 0.29) is 18.4 Å². The third-order valence-corrected chi connectivity index (χ3v) is 5.79. The van der Waals surface area contributed by atoms with E-state index < -0.39 is 0 Å². The van der Waals surface area contributed by atoms with Gasteiger partial charge in [0.25, 0.3) is 5.91 Å². The largest absolute Gasteiger partial charge is 0.486 e. The van der Waals surface area contributed by atoms with Gasteiger partial charge in [0.05, 0.1) is 6.54 Å². The standard InChI is InChI=1S/C24H24N4O5/c29-21(26-18-9-10-19-20(13-18)32-12-11-31-19)14-25-23(30)16-7-5-15(6-8-16)22-27-24(33-28-22)17-3-1-2-4-17/h5-10,13,17H,1-4,11-12,14H2,(H,25,30)(H,26,29). The van der Waals surface area contributed by atoms with Crippen LogP contribution in [0.2, 0.25) is 0 Å². The minimum absolute atomic E-state index is 0.162. The SMILES string of the molecule is O=C(CNC(=O)c1ccc(-c2noc(C3CCCC3)n2)cc1)Nc1ccc2c(c1)OCCO2. The van der Waals surface area contributed by atoms with Gasteiger partial charge in [-0.1, -0.05) is 30.1 Å². The van der Waals surface area contributed by atoms with Crippen molar-refractivity contribution >= 4 is 17.5 Å². The first-order valence-electron chi connectivity index (χ1n) is 11.1. The highest BCUT2D eigenvalue weighted by Gasteiger charge is 2.23. The molecule has 0 spiro atoms. The van der Waals surface area contributed by atoms with Crippen molar-refractivity contribution in [3.8, 4) is 22.9 Å². The molecule has 1 fully saturated rings. The highest BCUT2D eigenvalue weighted by atomic mass is 16.6. The Balaban J connectivity index is 1.14. The highest BCUT2D eigenvalue weighted by Crippen LogP contribution is 2.34. The molecule has 1 aliphatic heterocycles. The first-order chi connectivity index (χ1) is 16.2. The Morgan fingerprint density at radius 3 is 2.52 bits per heavy atom. The molecule has 5 rings (SSSR count). The summed E-state index contributed by atoms with van der Waals surface area (Å²) >= 11 is 0. The summed E-state index contributed by atoms with van der Waals surface area (Å²) in [7, 11) is 0. The minimum Gasteiger partial charge on any atom is -0.486 e. The molecular weight excluding hydrogens is 424 g/mol. The molecule has 0 atom stereocenters. The Hall–Kier alpha value is -3.88. The van der Waals surface area contributed by atoms with Crippen LogP contribution in [0, 0.1) is 0 Å². The molecule has 2 heterocycles. The zero-order valence-corrected chi connectivity index (χ0v) is 18.0. The summed E-state index contributed by atoms with van der Waals surface area (Å²) in [5.41, 5.74) is 1.78. The number of nitrogens with zero attached hydrogens (tertiary/aromatic N) is 2. The van der Waals surface area contributed by atoms with Gasteiger partial charge in [-0.15, -0.1) is 0 Å². The van der Waals surface area contributed by atoms with Gasteiger partial charge in [-0.05, 0) is 37.1 Å². The van der Waals surface area contributed by atoms with Gasteiger partial charge in [0.2, 0.25) is 17.6 Å². The van der Waals surface area contributed by atoms with E-state index in [1.807, 2.05) is 0 Å². The van der Waals surface area contributed by atoms with Gasteiger partial charge in [0.1, 0.15) is 13.2 Å². The van der Waals surface area contributed by atoms with E-state index in [2.05, 4.69) is 20.8 Å². The Labute approximate surface area is 190 Å². The van der Waals surface area contributed by atoms with Crippen LogP contribution in [0.1, 0.15) is 47.8 Å². The summed E-state index contributed by atoms with van der Waals surface area (Å²) in [4.78, 5) is 29.2. The van der Waals surface area contributed by atoms with Crippen LogP contribution in [0.25, 0.3) is 11.4 Å². The lowest BCUT2D eigenvalue weighted by Gasteiger charge is -2.19. The fraction of sp³-hybridized carbons (Fsp3) is 0.333. The predicted octanol–water partition coefficient (Wildman–Crippen LogP) is 3.53. The van der Waals surface area contributed by atoms with Gasteiger partial charge in [-0.25, -0.2) is 0 Å². The number of carbonyl (C=O) groups excluding carboxylic acids is 2. The average Bonchev–Trinajstić information content (AvgIpc) is 3.55. The molecule has 9 heteroatoms. The van der Waals surface area contributed by atoms with Gasteiger partial charge in [0, 0.05) is 28.8 Å². The highest BCUT2D eigenvalue weighted by molar-refractivity contribution is 5.99. The average molecular weight is 448 g/mol. The van der Waals surface area contributed by atoms with Crippen molar-refractivity contribution in [2.24, 2.45) is 0 Å². The number of ether oxygens (including phenoxy) is 2. The normalized spacial score (nSPS) is 15.3. The summed E-state index contributed by atoms with van der Waals surface area (Å²) in [6, 6.07) is 12.1. The monoisotopic (exact) mass is 448 g/mol. The van der Waals surface area contributed by atoms with E-state index in [1.165, 1.54) is 12.8 Å². The summed E-state index contributed by atoms with van der Waals surface area (Å²) in [5, 5.41) is 9.44. The van der Waals surface area contributed by atoms with Crippen LogP contribution < -0.4 is 20.1 Å². The lowest BCUT2D eigenvalue weighted by atomic mass is 10.1. The van der Waals surface area contributed by atoms with Crippen LogP contribution in [-0.4, -0.2) is 41.7 Å². The second-order valence-electron chi connectivity index (χ2n) is 8.10. The van der Waals surface area contributed by atoms with Gasteiger partial charge < -0.3 is 24.6 Å². The quantitative estimate of drug-likeness (QED) is 0.593. The molecule has 1 saturated carbocycles. The summed E-state index contributed by atoms with van der Waals surface area (Å²) in [5.74, 6) is 2.09. The molecule has 3 aromatic rings. The fourth-order valence-corrected chi connectivity index (χ4v) is 4.05. The van der Waals surface area contributed by atoms with E-state index in [0.29, 0.717) is 53.6 Å². The van der Waals surface area contributed by atoms with Crippen LogP contribution in [0.3, 0.4) is 0 Å². The number of nitrogens with one attached hydrogen (secondary N) is 2. The molecule has 0 saturated heterocycles. The van der Waals surface area contributed by atoms with Crippen LogP contribution in [0.5, 0.6) is 11.5 Å². The van der Waals surface area contributed by atoms with E-state index in [4.69, 9.17) is 14.0 Å². The Kier molecular flexibility index (Phi) is 5.93. The molecule has 9 nitrogen and oxygen atoms in total. The first kappa shape index (κ1) is 21.0. The van der Waals surface area contributed by atoms with Crippen LogP contribution in [-0.2, 0) is 4.79 Å². The maximum Gasteiger partial charge on any atom is 0.251 e. The fourth-order valence-electron chi connectivity index (χ4n) is 4.05. The smallest absolute Gasteiger partial charge is 0.251 e. The van der Waals surface area contributed by atoms with E-state index >= 15 is 0 Å². The third-order valence-electron chi connectivity index (χ3n) is 5.79. The summed E-state index contributed by atoms with van der Waals surface area (Å²) < 4.78 is 16.4. The van der Waals surface area contributed by atoms with Gasteiger partial charge in [-0.2, -0.15) is 4.98 Å². The van der Waals surface area contributed by atoms with Crippen LogP contribution >= 0.6 is 0 Å². The first-order valence-corrected chi connectivity index (χ1v) is 11.1. The van der Waals surface area contributed by atoms with Crippen molar-refractivity contribution in [3.05, 3.63) is 53.9 Å². The number of fused-ring (bicyclic) bond motifs is 1. The summed E-state index contributed by atoms with van der Waals surface area (Å²) in [6.07, 6.45) is 4.56. The number of amides is 2. The topological polar surface area (TPSA) is 116 Å². The molecule has 2 amide bonds. The van der Waals surface area contributed by atoms with Crippen molar-refractivity contribution in [1.82, 2.24) is 15.5 Å². The second-order valence-corrected chi connectivity index (χ2v) is 8.10. The molecule has 1 aliphatic carbocycles. The maximum atomic E-state index is 12.4. The molecule has 2 aromatic carbocycles. The zero-order chi connectivity index (χ0) is 22.6. The van der Waals surface area contributed by atoms with Crippen molar-refractivity contribution in [2.75, 3.05) is 25.1 Å².